The van der Waals surface area contributed by atoms with Gasteiger partial charge in [0, 0.05) is 18.5 Å². The summed E-state index contributed by atoms with van der Waals surface area (Å²) in [5.41, 5.74) is 0.399. The fourth-order valence-corrected chi connectivity index (χ4v) is 2.78. The molecule has 1 unspecified atom stereocenters. The monoisotopic (exact) mass is 331 g/mol. The second-order valence-corrected chi connectivity index (χ2v) is 5.61. The van der Waals surface area contributed by atoms with Crippen molar-refractivity contribution >= 4 is 22.8 Å². The minimum atomic E-state index is -0.956. The van der Waals surface area contributed by atoms with Crippen molar-refractivity contribution in [3.8, 4) is 0 Å². The average molecular weight is 331 g/mol. The average Bonchev–Trinajstić information content (AvgIpc) is 2.57. The van der Waals surface area contributed by atoms with Gasteiger partial charge >= 0.3 is 5.97 Å². The Morgan fingerprint density at radius 3 is 2.92 bits per heavy atom. The lowest BCUT2D eigenvalue weighted by Gasteiger charge is -2.32. The highest BCUT2D eigenvalue weighted by molar-refractivity contribution is 5.81. The van der Waals surface area contributed by atoms with Gasteiger partial charge in [-0.3, -0.25) is 19.1 Å². The molecule has 1 saturated heterocycles. The number of hydrogen-bond acceptors (Lipinski definition) is 5. The van der Waals surface area contributed by atoms with E-state index in [0.717, 1.165) is 0 Å². The number of aromatic nitrogens is 2. The van der Waals surface area contributed by atoms with Gasteiger partial charge in [-0.05, 0) is 12.1 Å². The van der Waals surface area contributed by atoms with Gasteiger partial charge in [0.2, 0.25) is 11.3 Å². The third kappa shape index (κ3) is 3.43. The van der Waals surface area contributed by atoms with Crippen molar-refractivity contribution in [2.75, 3.05) is 19.7 Å². The molecular formula is C16H17N3O5. The number of nitrogens with zero attached hydrogens (tertiary/aromatic N) is 3. The molecule has 1 amide bonds. The maximum absolute atomic E-state index is 12.5. The number of carbonyl (C=O) groups is 2. The summed E-state index contributed by atoms with van der Waals surface area (Å²) < 4.78 is 6.85. The predicted octanol–water partition coefficient (Wildman–Crippen LogP) is 0.0986. The Balaban J connectivity index is 1.76. The van der Waals surface area contributed by atoms with Crippen molar-refractivity contribution in [1.82, 2.24) is 14.7 Å². The lowest BCUT2D eigenvalue weighted by molar-refractivity contribution is -0.148. The van der Waals surface area contributed by atoms with Gasteiger partial charge in [0.25, 0.3) is 0 Å². The number of carboxylic acid groups (broad SMARTS) is 1. The first-order valence-electron chi connectivity index (χ1n) is 7.60. The maximum atomic E-state index is 12.5. The van der Waals surface area contributed by atoms with E-state index in [1.807, 2.05) is 0 Å². The van der Waals surface area contributed by atoms with E-state index >= 15 is 0 Å². The predicted molar refractivity (Wildman–Crippen MR) is 84.6 cm³/mol. The molecular weight excluding hydrogens is 314 g/mol. The standard InChI is InChI=1S/C16H17N3O5/c20-14-8-17-19(13-4-2-1-3-12(13)14)10-15(21)18-5-6-24-11(9-18)7-16(22)23/h1-4,8,11H,5-7,9-10H2,(H,22,23). The van der Waals surface area contributed by atoms with Crippen molar-refractivity contribution in [3.63, 3.8) is 0 Å². The van der Waals surface area contributed by atoms with Gasteiger partial charge in [-0.1, -0.05) is 12.1 Å². The van der Waals surface area contributed by atoms with E-state index in [9.17, 15) is 14.4 Å². The van der Waals surface area contributed by atoms with Crippen molar-refractivity contribution in [2.45, 2.75) is 19.1 Å². The van der Waals surface area contributed by atoms with Crippen LogP contribution in [-0.4, -0.2) is 57.5 Å². The normalized spacial score (nSPS) is 17.8. The second-order valence-electron chi connectivity index (χ2n) is 5.61. The zero-order valence-corrected chi connectivity index (χ0v) is 12.9. The molecule has 126 valence electrons. The quantitative estimate of drug-likeness (QED) is 0.852. The topological polar surface area (TPSA) is 102 Å². The van der Waals surface area contributed by atoms with Crippen molar-refractivity contribution < 1.29 is 19.4 Å². The van der Waals surface area contributed by atoms with E-state index in [-0.39, 0.29) is 30.8 Å². The summed E-state index contributed by atoms with van der Waals surface area (Å²) >= 11 is 0. The van der Waals surface area contributed by atoms with Crippen molar-refractivity contribution in [3.05, 3.63) is 40.7 Å². The van der Waals surface area contributed by atoms with Crippen LogP contribution in [0.2, 0.25) is 0 Å². The number of carbonyl (C=O) groups excluding carboxylic acids is 1. The van der Waals surface area contributed by atoms with Crippen LogP contribution < -0.4 is 5.43 Å². The van der Waals surface area contributed by atoms with E-state index in [1.54, 1.807) is 29.2 Å². The molecule has 0 spiro atoms. The molecule has 1 atom stereocenters. The molecule has 1 N–H and O–H groups in total. The number of morpholine rings is 1. The van der Waals surface area contributed by atoms with Crippen LogP contribution in [0, 0.1) is 0 Å². The molecule has 3 rings (SSSR count). The highest BCUT2D eigenvalue weighted by Gasteiger charge is 2.26. The van der Waals surface area contributed by atoms with E-state index in [1.165, 1.54) is 10.9 Å². The Bertz CT molecular complexity index is 832. The molecule has 1 aliphatic rings. The van der Waals surface area contributed by atoms with Gasteiger partial charge in [0.15, 0.2) is 0 Å². The van der Waals surface area contributed by atoms with E-state index in [2.05, 4.69) is 5.10 Å². The van der Waals surface area contributed by atoms with Gasteiger partial charge in [-0.15, -0.1) is 0 Å². The minimum absolute atomic E-state index is 0.0133. The maximum Gasteiger partial charge on any atom is 0.306 e. The summed E-state index contributed by atoms with van der Waals surface area (Å²) in [5, 5.41) is 13.4. The molecule has 1 fully saturated rings. The molecule has 0 saturated carbocycles. The third-order valence-electron chi connectivity index (χ3n) is 3.94. The Kier molecular flexibility index (Phi) is 4.57. The largest absolute Gasteiger partial charge is 0.481 e. The number of amides is 1. The summed E-state index contributed by atoms with van der Waals surface area (Å²) in [7, 11) is 0. The Morgan fingerprint density at radius 2 is 2.12 bits per heavy atom. The van der Waals surface area contributed by atoms with Crippen LogP contribution >= 0.6 is 0 Å². The van der Waals surface area contributed by atoms with E-state index < -0.39 is 12.1 Å². The smallest absolute Gasteiger partial charge is 0.306 e. The molecule has 8 nitrogen and oxygen atoms in total. The van der Waals surface area contributed by atoms with Crippen LogP contribution in [-0.2, 0) is 20.9 Å². The van der Waals surface area contributed by atoms with Gasteiger partial charge in [-0.2, -0.15) is 5.10 Å². The van der Waals surface area contributed by atoms with Crippen LogP contribution in [0.5, 0.6) is 0 Å². The van der Waals surface area contributed by atoms with Gasteiger partial charge in [0.05, 0.1) is 30.8 Å². The van der Waals surface area contributed by atoms with Crippen LogP contribution in [0.4, 0.5) is 0 Å². The highest BCUT2D eigenvalue weighted by atomic mass is 16.5. The Labute approximate surface area is 137 Å². The first kappa shape index (κ1) is 16.1. The SMILES string of the molecule is O=C(O)CC1CN(C(=O)Cn2ncc(=O)c3ccccc32)CCO1. The van der Waals surface area contributed by atoms with Gasteiger partial charge < -0.3 is 14.7 Å². The number of ether oxygens (including phenoxy) is 1. The first-order valence-corrected chi connectivity index (χ1v) is 7.60. The Morgan fingerprint density at radius 1 is 1.33 bits per heavy atom. The lowest BCUT2D eigenvalue weighted by Crippen LogP contribution is -2.47. The summed E-state index contributed by atoms with van der Waals surface area (Å²) in [5.74, 6) is -1.14. The number of rotatable bonds is 4. The molecule has 24 heavy (non-hydrogen) atoms. The zero-order chi connectivity index (χ0) is 17.1. The number of fused-ring (bicyclic) bond motifs is 1. The van der Waals surface area contributed by atoms with E-state index in [0.29, 0.717) is 24.1 Å². The van der Waals surface area contributed by atoms with Crippen LogP contribution in [0.15, 0.2) is 35.3 Å². The first-order chi connectivity index (χ1) is 11.5. The molecule has 1 aromatic heterocycles. The molecule has 0 radical (unpaired) electrons. The highest BCUT2D eigenvalue weighted by Crippen LogP contribution is 2.12. The molecule has 2 aromatic rings. The Hall–Kier alpha value is -2.74. The van der Waals surface area contributed by atoms with Crippen LogP contribution in [0.3, 0.4) is 0 Å². The minimum Gasteiger partial charge on any atom is -0.481 e. The number of benzene rings is 1. The summed E-state index contributed by atoms with van der Waals surface area (Å²) in [4.78, 5) is 36.7. The van der Waals surface area contributed by atoms with Gasteiger partial charge in [-0.25, -0.2) is 0 Å². The molecule has 0 aliphatic carbocycles. The molecule has 1 aliphatic heterocycles. The second kappa shape index (κ2) is 6.79. The fourth-order valence-electron chi connectivity index (χ4n) is 2.78. The number of para-hydroxylation sites is 1. The third-order valence-corrected chi connectivity index (χ3v) is 3.94. The summed E-state index contributed by atoms with van der Waals surface area (Å²) in [6, 6.07) is 6.97. The zero-order valence-electron chi connectivity index (χ0n) is 12.9. The van der Waals surface area contributed by atoms with Crippen molar-refractivity contribution in [1.29, 1.82) is 0 Å². The van der Waals surface area contributed by atoms with Crippen molar-refractivity contribution in [2.24, 2.45) is 0 Å². The fraction of sp³-hybridized carbons (Fsp3) is 0.375. The number of hydrogen-bond donors (Lipinski definition) is 1. The number of aliphatic carboxylic acids is 1. The lowest BCUT2D eigenvalue weighted by atomic mass is 10.2. The number of carboxylic acids is 1. The van der Waals surface area contributed by atoms with Gasteiger partial charge in [0.1, 0.15) is 6.54 Å². The van der Waals surface area contributed by atoms with Crippen LogP contribution in [0.25, 0.3) is 10.9 Å². The summed E-state index contributed by atoms with van der Waals surface area (Å²) in [6.07, 6.45) is 0.560. The molecule has 2 heterocycles. The molecule has 1 aromatic carbocycles. The molecule has 8 heteroatoms. The summed E-state index contributed by atoms with van der Waals surface area (Å²) in [6.45, 7) is 0.943. The van der Waals surface area contributed by atoms with Crippen LogP contribution in [0.1, 0.15) is 6.42 Å². The molecule has 0 bridgehead atoms. The van der Waals surface area contributed by atoms with E-state index in [4.69, 9.17) is 9.84 Å².